The van der Waals surface area contributed by atoms with Gasteiger partial charge in [0.25, 0.3) is 0 Å². The first-order valence-corrected chi connectivity index (χ1v) is 17.0. The molecule has 0 rings (SSSR count). The molecule has 0 aromatic rings. The van der Waals surface area contributed by atoms with Crippen molar-refractivity contribution >= 4 is 11.9 Å². The molecule has 0 bridgehead atoms. The summed E-state index contributed by atoms with van der Waals surface area (Å²) in [6, 6.07) is 0. The smallest absolute Gasteiger partial charge is 0.306 e. The first kappa shape index (κ1) is 38.2. The highest BCUT2D eigenvalue weighted by Crippen LogP contribution is 2.14. The summed E-state index contributed by atoms with van der Waals surface area (Å²) in [6.07, 6.45) is 40.6. The van der Waals surface area contributed by atoms with E-state index < -0.39 is 5.97 Å². The van der Waals surface area contributed by atoms with Gasteiger partial charge in [-0.1, -0.05) is 147 Å². The van der Waals surface area contributed by atoms with Crippen molar-refractivity contribution in [3.8, 4) is 0 Å². The summed E-state index contributed by atoms with van der Waals surface area (Å²) in [5.41, 5.74) is 0. The van der Waals surface area contributed by atoms with Crippen LogP contribution in [0, 0.1) is 0 Å². The van der Waals surface area contributed by atoms with Gasteiger partial charge in [0, 0.05) is 12.8 Å². The quantitative estimate of drug-likeness (QED) is 0.0539. The van der Waals surface area contributed by atoms with E-state index in [4.69, 9.17) is 9.84 Å². The number of ether oxygens (including phenoxy) is 1. The van der Waals surface area contributed by atoms with Crippen LogP contribution in [-0.4, -0.2) is 23.1 Å². The summed E-state index contributed by atoms with van der Waals surface area (Å²) in [5, 5.41) is 8.70. The van der Waals surface area contributed by atoms with Gasteiger partial charge in [-0.3, -0.25) is 9.59 Å². The van der Waals surface area contributed by atoms with Gasteiger partial charge in [-0.15, -0.1) is 0 Å². The van der Waals surface area contributed by atoms with Gasteiger partial charge in [-0.05, 0) is 50.7 Å². The van der Waals surface area contributed by atoms with Crippen LogP contribution in [0.5, 0.6) is 0 Å². The number of carboxylic acids is 1. The van der Waals surface area contributed by atoms with Gasteiger partial charge in [-0.25, -0.2) is 0 Å². The minimum Gasteiger partial charge on any atom is -0.481 e. The van der Waals surface area contributed by atoms with E-state index in [1.807, 2.05) is 12.2 Å². The van der Waals surface area contributed by atoms with Crippen LogP contribution in [0.1, 0.15) is 174 Å². The Morgan fingerprint density at radius 2 is 1.05 bits per heavy atom. The van der Waals surface area contributed by atoms with E-state index in [9.17, 15) is 9.59 Å². The van der Waals surface area contributed by atoms with Gasteiger partial charge < -0.3 is 9.84 Å². The number of carbonyl (C=O) groups is 2. The average molecular weight is 561 g/mol. The zero-order valence-electron chi connectivity index (χ0n) is 26.4. The summed E-state index contributed by atoms with van der Waals surface area (Å²) in [7, 11) is 0. The molecule has 0 heterocycles. The molecule has 0 saturated heterocycles. The molecule has 0 amide bonds. The minimum absolute atomic E-state index is 0.100. The zero-order valence-corrected chi connectivity index (χ0v) is 26.4. The van der Waals surface area contributed by atoms with E-state index in [0.717, 1.165) is 64.2 Å². The lowest BCUT2D eigenvalue weighted by Gasteiger charge is -2.11. The third-order valence-electron chi connectivity index (χ3n) is 7.34. The summed E-state index contributed by atoms with van der Waals surface area (Å²) < 4.78 is 5.77. The Bertz CT molecular complexity index is 649. The van der Waals surface area contributed by atoms with Crippen molar-refractivity contribution in [2.24, 2.45) is 0 Å². The Hall–Kier alpha value is -1.84. The topological polar surface area (TPSA) is 63.6 Å². The summed E-state index contributed by atoms with van der Waals surface area (Å²) in [5.74, 6) is -0.808. The number of esters is 1. The lowest BCUT2D eigenvalue weighted by atomic mass is 10.0. The number of aliphatic carboxylic acids is 1. The van der Waals surface area contributed by atoms with Crippen LogP contribution in [0.4, 0.5) is 0 Å². The van der Waals surface area contributed by atoms with Crippen LogP contribution in [0.3, 0.4) is 0 Å². The van der Waals surface area contributed by atoms with E-state index in [-0.39, 0.29) is 18.5 Å². The van der Waals surface area contributed by atoms with Gasteiger partial charge in [0.05, 0.1) is 0 Å². The molecule has 1 N–H and O–H groups in total. The largest absolute Gasteiger partial charge is 0.481 e. The fraction of sp³-hybridized carbons (Fsp3) is 0.778. The van der Waals surface area contributed by atoms with Crippen molar-refractivity contribution in [3.63, 3.8) is 0 Å². The second-order valence-electron chi connectivity index (χ2n) is 11.3. The summed E-state index contributed by atoms with van der Waals surface area (Å²) in [4.78, 5) is 23.0. The van der Waals surface area contributed by atoms with Gasteiger partial charge in [0.2, 0.25) is 0 Å². The number of allylic oxidation sites excluding steroid dienone is 4. The maximum Gasteiger partial charge on any atom is 0.306 e. The predicted molar refractivity (Wildman–Crippen MR) is 172 cm³/mol. The third kappa shape index (κ3) is 30.7. The van der Waals surface area contributed by atoms with Gasteiger partial charge in [0.1, 0.15) is 6.10 Å². The predicted octanol–water partition coefficient (Wildman–Crippen LogP) is 11.4. The minimum atomic E-state index is -0.707. The number of hydrogen-bond acceptors (Lipinski definition) is 3. The fourth-order valence-corrected chi connectivity index (χ4v) is 4.85. The maximum atomic E-state index is 12.5. The maximum absolute atomic E-state index is 12.5. The number of carbonyl (C=O) groups excluding carboxylic acids is 1. The second kappa shape index (κ2) is 31.7. The SMILES string of the molecule is CC/C=C\C/C=C\[C@H](/C=C\CCCCCCCC(=O)O)OC(=O)CCCCCCCCCCCCCCCCC. The molecule has 40 heavy (non-hydrogen) atoms. The van der Waals surface area contributed by atoms with Gasteiger partial charge in [-0.2, -0.15) is 0 Å². The highest BCUT2D eigenvalue weighted by atomic mass is 16.5. The Morgan fingerprint density at radius 1 is 0.575 bits per heavy atom. The lowest BCUT2D eigenvalue weighted by molar-refractivity contribution is -0.145. The van der Waals surface area contributed by atoms with Crippen LogP contribution >= 0.6 is 0 Å². The zero-order chi connectivity index (χ0) is 29.4. The van der Waals surface area contributed by atoms with E-state index in [0.29, 0.717) is 6.42 Å². The Labute approximate surface area is 248 Å². The lowest BCUT2D eigenvalue weighted by Crippen LogP contribution is -2.13. The highest BCUT2D eigenvalue weighted by Gasteiger charge is 2.08. The molecule has 0 saturated carbocycles. The van der Waals surface area contributed by atoms with E-state index >= 15 is 0 Å². The van der Waals surface area contributed by atoms with E-state index in [1.54, 1.807) is 0 Å². The van der Waals surface area contributed by atoms with Gasteiger partial charge in [0.15, 0.2) is 0 Å². The molecular formula is C36H64O4. The van der Waals surface area contributed by atoms with Crippen LogP contribution in [0.15, 0.2) is 36.5 Å². The molecule has 0 unspecified atom stereocenters. The van der Waals surface area contributed by atoms with Crippen LogP contribution in [0.2, 0.25) is 0 Å². The van der Waals surface area contributed by atoms with E-state index in [2.05, 4.69) is 38.2 Å². The van der Waals surface area contributed by atoms with Crippen molar-refractivity contribution < 1.29 is 19.4 Å². The summed E-state index contributed by atoms with van der Waals surface area (Å²) >= 11 is 0. The van der Waals surface area contributed by atoms with Crippen molar-refractivity contribution in [1.29, 1.82) is 0 Å². The molecule has 0 radical (unpaired) electrons. The fourth-order valence-electron chi connectivity index (χ4n) is 4.85. The summed E-state index contributed by atoms with van der Waals surface area (Å²) in [6.45, 7) is 4.40. The molecule has 0 aromatic heterocycles. The molecule has 0 aromatic carbocycles. The molecule has 4 nitrogen and oxygen atoms in total. The molecule has 0 aliphatic heterocycles. The van der Waals surface area contributed by atoms with Crippen molar-refractivity contribution in [3.05, 3.63) is 36.5 Å². The first-order valence-electron chi connectivity index (χ1n) is 17.0. The van der Waals surface area contributed by atoms with Crippen LogP contribution < -0.4 is 0 Å². The Kier molecular flexibility index (Phi) is 30.2. The second-order valence-corrected chi connectivity index (χ2v) is 11.3. The number of rotatable bonds is 30. The molecule has 0 aliphatic rings. The van der Waals surface area contributed by atoms with Crippen molar-refractivity contribution in [1.82, 2.24) is 0 Å². The number of hydrogen-bond donors (Lipinski definition) is 1. The number of unbranched alkanes of at least 4 members (excludes halogenated alkanes) is 19. The molecule has 0 aliphatic carbocycles. The van der Waals surface area contributed by atoms with Gasteiger partial charge >= 0.3 is 11.9 Å². The molecule has 232 valence electrons. The van der Waals surface area contributed by atoms with E-state index in [1.165, 1.54) is 83.5 Å². The Balaban J connectivity index is 3.98. The molecule has 1 atom stereocenters. The monoisotopic (exact) mass is 560 g/mol. The van der Waals surface area contributed by atoms with Crippen LogP contribution in [0.25, 0.3) is 0 Å². The third-order valence-corrected chi connectivity index (χ3v) is 7.34. The Morgan fingerprint density at radius 3 is 1.57 bits per heavy atom. The molecular weight excluding hydrogens is 496 g/mol. The number of carboxylic acid groups (broad SMARTS) is 1. The molecule has 4 heteroatoms. The molecule has 0 fully saturated rings. The van der Waals surface area contributed by atoms with Crippen molar-refractivity contribution in [2.75, 3.05) is 0 Å². The average Bonchev–Trinajstić information content (AvgIpc) is 2.93. The molecule has 0 spiro atoms. The van der Waals surface area contributed by atoms with Crippen LogP contribution in [-0.2, 0) is 14.3 Å². The normalized spacial score (nSPS) is 12.7. The van der Waals surface area contributed by atoms with Crippen molar-refractivity contribution in [2.45, 2.75) is 180 Å². The standard InChI is InChI=1S/C36H64O4/c1-3-5-7-9-10-11-12-13-14-15-16-17-21-25-29-33-36(39)40-34(30-26-22-8-6-4-2)31-27-23-19-18-20-24-28-32-35(37)38/h6,8,26-27,30-31,34H,3-5,7,9-25,28-29,32-33H2,1-2H3,(H,37,38)/b8-6-,30-26-,31-27-/t34-/m1/s1. The first-order chi connectivity index (χ1) is 19.6. The highest BCUT2D eigenvalue weighted by molar-refractivity contribution is 5.69.